The molecule has 0 fully saturated rings. The van der Waals surface area contributed by atoms with Gasteiger partial charge in [-0.2, -0.15) is 0 Å². The summed E-state index contributed by atoms with van der Waals surface area (Å²) in [4.78, 5) is 25.6. The monoisotopic (exact) mass is 424 g/mol. The average Bonchev–Trinajstić information content (AvgIpc) is 2.59. The highest BCUT2D eigenvalue weighted by atomic mass is 79.9. The van der Waals surface area contributed by atoms with Crippen LogP contribution in [0.2, 0.25) is 0 Å². The van der Waals surface area contributed by atoms with Crippen LogP contribution in [0.5, 0.6) is 0 Å². The lowest BCUT2D eigenvalue weighted by molar-refractivity contribution is -0.127. The molecule has 0 atom stereocenters. The Kier molecular flexibility index (Phi) is 7.46. The van der Waals surface area contributed by atoms with Crippen molar-refractivity contribution in [2.45, 2.75) is 6.54 Å². The number of amides is 2. The van der Waals surface area contributed by atoms with Gasteiger partial charge in [-0.3, -0.25) is 9.59 Å². The highest BCUT2D eigenvalue weighted by molar-refractivity contribution is 9.10. The normalized spacial score (nSPS) is 10.4. The standard InChI is InChI=1S/C18H18BrFN2O2S/c1-22(10-13-2-4-14(19)5-3-13)18(24)12-25-11-17(23)21-16-8-6-15(20)7-9-16/h2-9H,10-12H2,1H3,(H,21,23). The van der Waals surface area contributed by atoms with Gasteiger partial charge in [0.05, 0.1) is 11.5 Å². The quantitative estimate of drug-likeness (QED) is 0.732. The van der Waals surface area contributed by atoms with E-state index in [1.54, 1.807) is 11.9 Å². The Morgan fingerprint density at radius 1 is 1.08 bits per heavy atom. The summed E-state index contributed by atoms with van der Waals surface area (Å²) in [6.07, 6.45) is 0. The van der Waals surface area contributed by atoms with E-state index in [1.807, 2.05) is 24.3 Å². The molecule has 0 aliphatic heterocycles. The van der Waals surface area contributed by atoms with Crippen molar-refractivity contribution < 1.29 is 14.0 Å². The zero-order valence-electron chi connectivity index (χ0n) is 13.7. The van der Waals surface area contributed by atoms with Gasteiger partial charge in [0.1, 0.15) is 5.82 Å². The Balaban J connectivity index is 1.71. The van der Waals surface area contributed by atoms with E-state index < -0.39 is 0 Å². The van der Waals surface area contributed by atoms with Crippen molar-refractivity contribution in [3.05, 3.63) is 64.4 Å². The summed E-state index contributed by atoms with van der Waals surface area (Å²) >= 11 is 4.62. The molecule has 132 valence electrons. The van der Waals surface area contributed by atoms with Gasteiger partial charge in [0.2, 0.25) is 11.8 Å². The number of hydrogen-bond donors (Lipinski definition) is 1. The first-order chi connectivity index (χ1) is 11.9. The van der Waals surface area contributed by atoms with Crippen LogP contribution in [-0.4, -0.2) is 35.3 Å². The average molecular weight is 425 g/mol. The third kappa shape index (κ3) is 6.88. The molecule has 25 heavy (non-hydrogen) atoms. The second-order valence-electron chi connectivity index (χ2n) is 5.42. The maximum absolute atomic E-state index is 12.8. The number of thioether (sulfide) groups is 1. The molecule has 1 N–H and O–H groups in total. The molecule has 0 saturated heterocycles. The zero-order valence-corrected chi connectivity index (χ0v) is 16.1. The van der Waals surface area contributed by atoms with Gasteiger partial charge in [0.15, 0.2) is 0 Å². The number of anilines is 1. The minimum absolute atomic E-state index is 0.0394. The summed E-state index contributed by atoms with van der Waals surface area (Å²) in [6, 6.07) is 13.3. The molecule has 0 spiro atoms. The second kappa shape index (κ2) is 9.58. The summed E-state index contributed by atoms with van der Waals surface area (Å²) in [6.45, 7) is 0.522. The number of benzene rings is 2. The van der Waals surface area contributed by atoms with Gasteiger partial charge in [-0.05, 0) is 42.0 Å². The van der Waals surface area contributed by atoms with Gasteiger partial charge in [-0.25, -0.2) is 4.39 Å². The number of halogens is 2. The second-order valence-corrected chi connectivity index (χ2v) is 7.33. The van der Waals surface area contributed by atoms with Crippen LogP contribution in [0, 0.1) is 5.82 Å². The molecule has 7 heteroatoms. The van der Waals surface area contributed by atoms with Crippen molar-refractivity contribution >= 4 is 45.2 Å². The lowest BCUT2D eigenvalue weighted by atomic mass is 10.2. The number of nitrogens with one attached hydrogen (secondary N) is 1. The first kappa shape index (κ1) is 19.5. The van der Waals surface area contributed by atoms with Gasteiger partial charge in [-0.15, -0.1) is 11.8 Å². The first-order valence-corrected chi connectivity index (χ1v) is 9.50. The van der Waals surface area contributed by atoms with E-state index in [4.69, 9.17) is 0 Å². The lowest BCUT2D eigenvalue weighted by Crippen LogP contribution is -2.28. The molecule has 0 radical (unpaired) electrons. The molecule has 0 unspecified atom stereocenters. The molecule has 2 aromatic rings. The van der Waals surface area contributed by atoms with Crippen LogP contribution < -0.4 is 5.32 Å². The van der Waals surface area contributed by atoms with Gasteiger partial charge >= 0.3 is 0 Å². The summed E-state index contributed by atoms with van der Waals surface area (Å²) in [5, 5.41) is 2.66. The highest BCUT2D eigenvalue weighted by Crippen LogP contribution is 2.13. The van der Waals surface area contributed by atoms with E-state index in [2.05, 4.69) is 21.2 Å². The highest BCUT2D eigenvalue weighted by Gasteiger charge is 2.11. The van der Waals surface area contributed by atoms with Crippen molar-refractivity contribution in [2.75, 3.05) is 23.9 Å². The molecule has 0 heterocycles. The van der Waals surface area contributed by atoms with Crippen LogP contribution in [0.4, 0.5) is 10.1 Å². The summed E-state index contributed by atoms with van der Waals surface area (Å²) < 4.78 is 13.8. The molecule has 4 nitrogen and oxygen atoms in total. The van der Waals surface area contributed by atoms with Crippen molar-refractivity contribution in [3.63, 3.8) is 0 Å². The molecule has 0 aromatic heterocycles. The number of carbonyl (C=O) groups excluding carboxylic acids is 2. The van der Waals surface area contributed by atoms with Crippen LogP contribution in [0.25, 0.3) is 0 Å². The lowest BCUT2D eigenvalue weighted by Gasteiger charge is -2.17. The minimum Gasteiger partial charge on any atom is -0.341 e. The van der Waals surface area contributed by atoms with Crippen LogP contribution in [0.3, 0.4) is 0 Å². The maximum Gasteiger partial charge on any atom is 0.234 e. The zero-order chi connectivity index (χ0) is 18.2. The fourth-order valence-corrected chi connectivity index (χ4v) is 3.04. The Hall–Kier alpha value is -1.86. The van der Waals surface area contributed by atoms with E-state index in [1.165, 1.54) is 36.0 Å². The van der Waals surface area contributed by atoms with Crippen LogP contribution in [0.15, 0.2) is 53.0 Å². The molecular weight excluding hydrogens is 407 g/mol. The number of carbonyl (C=O) groups is 2. The SMILES string of the molecule is CN(Cc1ccc(Br)cc1)C(=O)CSCC(=O)Nc1ccc(F)cc1. The van der Waals surface area contributed by atoms with Crippen molar-refractivity contribution in [1.29, 1.82) is 0 Å². The van der Waals surface area contributed by atoms with Crippen LogP contribution in [0.1, 0.15) is 5.56 Å². The molecule has 0 bridgehead atoms. The molecule has 2 aromatic carbocycles. The largest absolute Gasteiger partial charge is 0.341 e. The molecule has 2 rings (SSSR count). The Labute approximate surface area is 158 Å². The molecule has 0 aliphatic carbocycles. The predicted molar refractivity (Wildman–Crippen MR) is 103 cm³/mol. The Morgan fingerprint density at radius 2 is 1.72 bits per heavy atom. The van der Waals surface area contributed by atoms with E-state index >= 15 is 0 Å². The number of hydrogen-bond acceptors (Lipinski definition) is 3. The Morgan fingerprint density at radius 3 is 2.36 bits per heavy atom. The first-order valence-electron chi connectivity index (χ1n) is 7.55. The summed E-state index contributed by atoms with van der Waals surface area (Å²) in [7, 11) is 1.74. The van der Waals surface area contributed by atoms with Gasteiger partial charge in [0.25, 0.3) is 0 Å². The van der Waals surface area contributed by atoms with E-state index in [0.717, 1.165) is 10.0 Å². The fraction of sp³-hybridized carbons (Fsp3) is 0.222. The van der Waals surface area contributed by atoms with Gasteiger partial charge < -0.3 is 10.2 Å². The van der Waals surface area contributed by atoms with Gasteiger partial charge in [-0.1, -0.05) is 28.1 Å². The predicted octanol–water partition coefficient (Wildman–Crippen LogP) is 3.92. The van der Waals surface area contributed by atoms with Crippen molar-refractivity contribution in [1.82, 2.24) is 4.90 Å². The summed E-state index contributed by atoms with van der Waals surface area (Å²) in [5.74, 6) is -0.228. The van der Waals surface area contributed by atoms with E-state index in [0.29, 0.717) is 12.2 Å². The molecule has 0 aliphatic rings. The van der Waals surface area contributed by atoms with Crippen molar-refractivity contribution in [2.24, 2.45) is 0 Å². The summed E-state index contributed by atoms with van der Waals surface area (Å²) in [5.41, 5.74) is 1.57. The fourth-order valence-electron chi connectivity index (χ4n) is 2.02. The maximum atomic E-state index is 12.8. The molecule has 0 saturated carbocycles. The van der Waals surface area contributed by atoms with Crippen molar-refractivity contribution in [3.8, 4) is 0 Å². The van der Waals surface area contributed by atoms with E-state index in [-0.39, 0.29) is 29.1 Å². The van der Waals surface area contributed by atoms with E-state index in [9.17, 15) is 14.0 Å². The molecular formula is C18H18BrFN2O2S. The van der Waals surface area contributed by atoms with Gasteiger partial charge in [0, 0.05) is 23.8 Å². The number of nitrogens with zero attached hydrogens (tertiary/aromatic N) is 1. The Bertz CT molecular complexity index is 723. The minimum atomic E-state index is -0.355. The third-order valence-electron chi connectivity index (χ3n) is 3.35. The smallest absolute Gasteiger partial charge is 0.234 e. The van der Waals surface area contributed by atoms with Crippen LogP contribution >= 0.6 is 27.7 Å². The molecule has 2 amide bonds. The van der Waals surface area contributed by atoms with Crippen LogP contribution in [-0.2, 0) is 16.1 Å². The number of rotatable bonds is 7. The topological polar surface area (TPSA) is 49.4 Å². The third-order valence-corrected chi connectivity index (χ3v) is 4.79.